The van der Waals surface area contributed by atoms with Crippen LogP contribution in [0, 0.1) is 0 Å². The highest BCUT2D eigenvalue weighted by Gasteiger charge is 2.40. The van der Waals surface area contributed by atoms with Gasteiger partial charge < -0.3 is 71.5 Å². The first-order chi connectivity index (χ1) is 23.2. The van der Waals surface area contributed by atoms with E-state index in [1.807, 2.05) is 0 Å². The van der Waals surface area contributed by atoms with E-state index in [0.717, 1.165) is 20.8 Å². The molecule has 0 aliphatic carbocycles. The Morgan fingerprint density at radius 1 is 0.500 bits per heavy atom. The molecule has 0 heterocycles. The minimum atomic E-state index is -2.74. The number of ketones is 1. The Kier molecular flexibility index (Phi) is 40.9. The monoisotopic (exact) mass is 768 g/mol. The van der Waals surface area contributed by atoms with Crippen molar-refractivity contribution in [2.24, 2.45) is 0 Å². The summed E-state index contributed by atoms with van der Waals surface area (Å²) in [6.07, 6.45) is -4.31. The molecule has 14 N–H and O–H groups in total. The van der Waals surface area contributed by atoms with Gasteiger partial charge in [-0.15, -0.1) is 0 Å². The van der Waals surface area contributed by atoms with Gasteiger partial charge in [0.2, 0.25) is 5.78 Å². The number of hydrogen-bond acceptors (Lipinski definition) is 15. The van der Waals surface area contributed by atoms with Crippen LogP contribution >= 0.6 is 0 Å². The molecule has 0 amide bonds. The fourth-order valence-electron chi connectivity index (χ4n) is 1.32. The molecule has 0 aromatic carbocycles. The van der Waals surface area contributed by atoms with Crippen molar-refractivity contribution in [1.29, 1.82) is 0 Å². The number of carboxylic acids is 12. The van der Waals surface area contributed by atoms with Gasteiger partial charge in [-0.25, -0.2) is 24.0 Å². The van der Waals surface area contributed by atoms with E-state index in [0.29, 0.717) is 12.2 Å². The minimum absolute atomic E-state index is 0.296. The van der Waals surface area contributed by atoms with E-state index in [1.165, 1.54) is 0 Å². The van der Waals surface area contributed by atoms with E-state index < -0.39 is 108 Å². The van der Waals surface area contributed by atoms with Crippen LogP contribution in [0.25, 0.3) is 0 Å². The van der Waals surface area contributed by atoms with Crippen molar-refractivity contribution in [2.75, 3.05) is 0 Å². The molecule has 0 radical (unpaired) electrons. The first-order valence-electron chi connectivity index (χ1n) is 12.4. The van der Waals surface area contributed by atoms with Crippen molar-refractivity contribution in [3.63, 3.8) is 0 Å². The number of rotatable bonds is 14. The Morgan fingerprint density at radius 2 is 0.750 bits per heavy atom. The van der Waals surface area contributed by atoms with Gasteiger partial charge in [0.15, 0.2) is 11.7 Å². The average Bonchev–Trinajstić information content (AvgIpc) is 2.90. The van der Waals surface area contributed by atoms with Crippen LogP contribution in [0.1, 0.15) is 52.9 Å². The zero-order valence-electron chi connectivity index (χ0n) is 26.8. The summed E-state index contributed by atoms with van der Waals surface area (Å²) in [5, 5.41) is 112. The Labute approximate surface area is 288 Å². The van der Waals surface area contributed by atoms with Crippen molar-refractivity contribution in [1.82, 2.24) is 0 Å². The van der Waals surface area contributed by atoms with Crippen LogP contribution in [0.4, 0.5) is 0 Å². The lowest BCUT2D eigenvalue weighted by Crippen LogP contribution is -2.42. The highest BCUT2D eigenvalue weighted by atomic mass is 16.4. The van der Waals surface area contributed by atoms with Crippen LogP contribution in [-0.4, -0.2) is 161 Å². The maximum absolute atomic E-state index is 10.3. The Balaban J connectivity index is -0.0000000941. The number of carbonyl (C=O) groups excluding carboxylic acids is 1. The molecule has 0 bridgehead atoms. The van der Waals surface area contributed by atoms with E-state index in [2.05, 4.69) is 0 Å². The van der Waals surface area contributed by atoms with Crippen molar-refractivity contribution < 1.29 is 134 Å². The predicted octanol–water partition coefficient (Wildman–Crippen LogP) is -2.85. The molecule has 1 atom stereocenters. The number of carbonyl (C=O) groups is 13. The lowest BCUT2D eigenvalue weighted by atomic mass is 9.96. The Morgan fingerprint density at radius 3 is 0.846 bits per heavy atom. The highest BCUT2D eigenvalue weighted by molar-refractivity contribution is 6.31. The molecule has 27 nitrogen and oxygen atoms in total. The summed E-state index contributed by atoms with van der Waals surface area (Å²) in [5.41, 5.74) is -2.74. The average molecular weight is 769 g/mol. The number of Topliss-reactive ketones (excluding diaryl/α,β-unsaturated/α-hetero) is 1. The second-order valence-corrected chi connectivity index (χ2v) is 8.13. The number of aliphatic carboxylic acids is 12. The normalized spacial score (nSPS) is 9.48. The molecule has 1 unspecified atom stereocenters. The number of aliphatic hydroxyl groups is 2. The van der Waals surface area contributed by atoms with Gasteiger partial charge in [0.05, 0.1) is 32.1 Å². The van der Waals surface area contributed by atoms with Gasteiger partial charge in [0.25, 0.3) is 11.9 Å². The van der Waals surface area contributed by atoms with Gasteiger partial charge in [-0.3, -0.25) is 38.4 Å². The standard InChI is InChI=1S/C6H8O7.C4H6O5.C4H6O4.C4H4O4.C3H4O3.2C2H4O2/c7-3(8)1-6(13,5(11)12)2-4(9)10;5-2(4(8)9)1-3(6)7;2*5-3(6)1-2-4(7)8;1-2(4)3(5)6;2*1-2(3)4/h13H,1-2H2,(H,7,8)(H,9,10)(H,11,12);2,5H,1H2,(H,6,7)(H,8,9);1-2H2,(H,5,6)(H,7,8);1-2H,(H,5,6)(H,7,8);1H3,(H,5,6);2*1H3,(H,3,4)/b;;;2-1+;;;. The summed E-state index contributed by atoms with van der Waals surface area (Å²) in [6, 6.07) is 0. The van der Waals surface area contributed by atoms with Crippen LogP contribution in [0.15, 0.2) is 12.2 Å². The van der Waals surface area contributed by atoms with E-state index in [1.54, 1.807) is 0 Å². The zero-order valence-corrected chi connectivity index (χ0v) is 26.8. The van der Waals surface area contributed by atoms with Gasteiger partial charge in [-0.2, -0.15) is 0 Å². The first-order valence-corrected chi connectivity index (χ1v) is 12.4. The van der Waals surface area contributed by atoms with E-state index in [4.69, 9.17) is 81.1 Å². The lowest BCUT2D eigenvalue weighted by molar-refractivity contribution is -0.170. The molecule has 0 saturated heterocycles. The quantitative estimate of drug-likeness (QED) is 0.0624. The summed E-state index contributed by atoms with van der Waals surface area (Å²) in [5.74, 6) is -16.4. The molecule has 0 aliphatic rings. The van der Waals surface area contributed by atoms with Crippen LogP contribution < -0.4 is 0 Å². The van der Waals surface area contributed by atoms with Gasteiger partial charge in [-0.1, -0.05) is 0 Å². The minimum Gasteiger partial charge on any atom is -0.481 e. The van der Waals surface area contributed by atoms with Gasteiger partial charge in [-0.05, 0) is 0 Å². The van der Waals surface area contributed by atoms with Crippen LogP contribution in [0.2, 0.25) is 0 Å². The van der Waals surface area contributed by atoms with E-state index in [9.17, 15) is 52.7 Å². The maximum atomic E-state index is 10.3. The fraction of sp³-hybridized carbons (Fsp3) is 0.400. The van der Waals surface area contributed by atoms with Crippen molar-refractivity contribution in [2.45, 2.75) is 64.6 Å². The second kappa shape index (κ2) is 35.3. The second-order valence-electron chi connectivity index (χ2n) is 8.13. The Bertz CT molecular complexity index is 1200. The largest absolute Gasteiger partial charge is 0.481 e. The molecule has 27 heteroatoms. The number of aliphatic hydroxyl groups excluding tert-OH is 1. The van der Waals surface area contributed by atoms with Crippen molar-refractivity contribution >= 4 is 77.4 Å². The Hall–Kier alpha value is -7.03. The molecule has 52 heavy (non-hydrogen) atoms. The molecule has 0 rings (SSSR count). The topological polar surface area (TPSA) is 505 Å². The van der Waals surface area contributed by atoms with Crippen LogP contribution in [0.5, 0.6) is 0 Å². The molecule has 0 saturated carbocycles. The van der Waals surface area contributed by atoms with Crippen LogP contribution in [0.3, 0.4) is 0 Å². The zero-order chi connectivity index (χ0) is 43.5. The molecule has 0 aliphatic heterocycles. The first kappa shape index (κ1) is 60.3. The lowest BCUT2D eigenvalue weighted by Gasteiger charge is -2.18. The number of hydrogen-bond donors (Lipinski definition) is 14. The summed E-state index contributed by atoms with van der Waals surface area (Å²) >= 11 is 0. The molecule has 0 spiro atoms. The van der Waals surface area contributed by atoms with Crippen molar-refractivity contribution in [3.05, 3.63) is 12.2 Å². The predicted molar refractivity (Wildman–Crippen MR) is 157 cm³/mol. The molecule has 298 valence electrons. The smallest absolute Gasteiger partial charge is 0.371 e. The van der Waals surface area contributed by atoms with Gasteiger partial charge in [0, 0.05) is 32.9 Å². The summed E-state index contributed by atoms with van der Waals surface area (Å²) in [4.78, 5) is 125. The summed E-state index contributed by atoms with van der Waals surface area (Å²) in [6.45, 7) is 3.17. The molecule has 0 aromatic rings. The third kappa shape index (κ3) is 78.9. The molecular formula is C25H36O27. The number of carboxylic acid groups (broad SMARTS) is 12. The fourth-order valence-corrected chi connectivity index (χ4v) is 1.32. The molecular weight excluding hydrogens is 732 g/mol. The maximum Gasteiger partial charge on any atom is 0.371 e. The van der Waals surface area contributed by atoms with Gasteiger partial charge in [0.1, 0.15) is 0 Å². The molecule has 0 aromatic heterocycles. The highest BCUT2D eigenvalue weighted by Crippen LogP contribution is 2.15. The molecule has 0 fully saturated rings. The summed E-state index contributed by atoms with van der Waals surface area (Å²) in [7, 11) is 0. The van der Waals surface area contributed by atoms with Gasteiger partial charge >= 0.3 is 59.7 Å². The SMILES string of the molecule is CC(=O)C(=O)O.CC(=O)O.CC(=O)O.O=C(O)/C=C/C(=O)O.O=C(O)CC(O)(CC(=O)O)C(=O)O.O=C(O)CC(O)C(=O)O.O=C(O)CCC(=O)O. The third-order valence-corrected chi connectivity index (χ3v) is 3.16. The van der Waals surface area contributed by atoms with E-state index >= 15 is 0 Å². The third-order valence-electron chi connectivity index (χ3n) is 3.16. The van der Waals surface area contributed by atoms with E-state index in [-0.39, 0.29) is 12.8 Å². The van der Waals surface area contributed by atoms with Crippen molar-refractivity contribution in [3.8, 4) is 0 Å². The van der Waals surface area contributed by atoms with Crippen LogP contribution in [-0.2, 0) is 62.3 Å². The summed E-state index contributed by atoms with van der Waals surface area (Å²) < 4.78 is 0.